The Balaban J connectivity index is 0.000000291. The predicted octanol–water partition coefficient (Wildman–Crippen LogP) is 4.06. The number of rotatable bonds is 2. The van der Waals surface area contributed by atoms with Gasteiger partial charge in [-0.25, -0.2) is 9.59 Å². The van der Waals surface area contributed by atoms with Gasteiger partial charge in [0.25, 0.3) is 0 Å². The topological polar surface area (TPSA) is 116 Å². The highest BCUT2D eigenvalue weighted by atomic mass is 19.4. The highest BCUT2D eigenvalue weighted by Gasteiger charge is 2.36. The van der Waals surface area contributed by atoms with Gasteiger partial charge in [-0.15, -0.1) is 0 Å². The fraction of sp³-hybridized carbons (Fsp3) is 0.176. The minimum atomic E-state index is -4.71. The van der Waals surface area contributed by atoms with Crippen LogP contribution in [0, 0.1) is 0 Å². The quantitative estimate of drug-likeness (QED) is 0.381. The summed E-state index contributed by atoms with van der Waals surface area (Å²) in [6.07, 6.45) is -9.33. The van der Waals surface area contributed by atoms with E-state index < -0.39 is 46.5 Å². The standard InChI is InChI=1S/C9H8F3NO2.C8H6F3NO2/c1-15-8(14)6-3-2-5(13)4-7(6)9(10,11)12;9-8(10,11)6-3-4(12)1-2-5(6)7(13)14/h2-4H,13H2,1H3;1-3H,12H2,(H,13,14). The van der Waals surface area contributed by atoms with Crippen molar-refractivity contribution in [3.8, 4) is 0 Å². The lowest BCUT2D eigenvalue weighted by Crippen LogP contribution is -2.14. The SMILES string of the molecule is COC(=O)c1ccc(N)cc1C(F)(F)F.Nc1ccc(C(=O)O)c(C(F)(F)F)c1. The second-order valence-electron chi connectivity index (χ2n) is 5.40. The lowest BCUT2D eigenvalue weighted by Gasteiger charge is -2.11. The van der Waals surface area contributed by atoms with E-state index in [1.807, 2.05) is 0 Å². The summed E-state index contributed by atoms with van der Waals surface area (Å²) in [6, 6.07) is 5.44. The molecule has 0 atom stereocenters. The van der Waals surface area contributed by atoms with Crippen LogP contribution < -0.4 is 11.5 Å². The number of hydrogen-bond acceptors (Lipinski definition) is 5. The lowest BCUT2D eigenvalue weighted by molar-refractivity contribution is -0.138. The second-order valence-corrected chi connectivity index (χ2v) is 5.40. The average molecular weight is 424 g/mol. The average Bonchev–Trinajstić information content (AvgIpc) is 2.59. The Morgan fingerprint density at radius 2 is 1.21 bits per heavy atom. The van der Waals surface area contributed by atoms with Crippen molar-refractivity contribution in [2.75, 3.05) is 18.6 Å². The minimum absolute atomic E-state index is 0.0602. The van der Waals surface area contributed by atoms with E-state index in [0.717, 1.165) is 25.3 Å². The van der Waals surface area contributed by atoms with Crippen molar-refractivity contribution in [3.05, 3.63) is 58.7 Å². The van der Waals surface area contributed by atoms with E-state index in [0.29, 0.717) is 12.1 Å². The van der Waals surface area contributed by atoms with E-state index in [-0.39, 0.29) is 11.4 Å². The molecular weight excluding hydrogens is 410 g/mol. The van der Waals surface area contributed by atoms with Gasteiger partial charge in [0.2, 0.25) is 0 Å². The van der Waals surface area contributed by atoms with Crippen molar-refractivity contribution < 1.29 is 45.8 Å². The van der Waals surface area contributed by atoms with Gasteiger partial charge in [-0.2, -0.15) is 26.3 Å². The van der Waals surface area contributed by atoms with Gasteiger partial charge < -0.3 is 21.3 Å². The van der Waals surface area contributed by atoms with Gasteiger partial charge in [-0.05, 0) is 36.4 Å². The lowest BCUT2D eigenvalue weighted by atomic mass is 10.1. The van der Waals surface area contributed by atoms with E-state index in [4.69, 9.17) is 16.6 Å². The van der Waals surface area contributed by atoms with Crippen LogP contribution in [0.1, 0.15) is 31.8 Å². The maximum Gasteiger partial charge on any atom is 0.417 e. The molecule has 0 aromatic heterocycles. The molecule has 0 fully saturated rings. The summed E-state index contributed by atoms with van der Waals surface area (Å²) in [5, 5.41) is 8.48. The van der Waals surface area contributed by atoms with Crippen molar-refractivity contribution in [2.45, 2.75) is 12.4 Å². The summed E-state index contributed by atoms with van der Waals surface area (Å²) >= 11 is 0. The number of halogens is 6. The number of esters is 1. The summed E-state index contributed by atoms with van der Waals surface area (Å²) in [5.41, 5.74) is 6.50. The number of carbonyl (C=O) groups is 2. The highest BCUT2D eigenvalue weighted by molar-refractivity contribution is 5.92. The van der Waals surface area contributed by atoms with Gasteiger partial charge in [0.05, 0.1) is 29.4 Å². The normalized spacial score (nSPS) is 11.3. The minimum Gasteiger partial charge on any atom is -0.478 e. The number of carboxylic acid groups (broad SMARTS) is 1. The molecule has 12 heteroatoms. The summed E-state index contributed by atoms with van der Waals surface area (Å²) in [6.45, 7) is 0. The van der Waals surface area contributed by atoms with Crippen LogP contribution in [0.5, 0.6) is 0 Å². The number of methoxy groups -OCH3 is 1. The summed E-state index contributed by atoms with van der Waals surface area (Å²) in [4.78, 5) is 21.5. The van der Waals surface area contributed by atoms with Gasteiger partial charge in [-0.1, -0.05) is 0 Å². The third-order valence-corrected chi connectivity index (χ3v) is 3.33. The smallest absolute Gasteiger partial charge is 0.417 e. The first-order valence-corrected chi connectivity index (χ1v) is 7.43. The number of ether oxygens (including phenoxy) is 1. The monoisotopic (exact) mass is 424 g/mol. The van der Waals surface area contributed by atoms with Crippen LogP contribution in [0.25, 0.3) is 0 Å². The molecule has 0 saturated carbocycles. The fourth-order valence-electron chi connectivity index (χ4n) is 2.07. The molecule has 0 saturated heterocycles. The number of anilines is 2. The van der Waals surface area contributed by atoms with Crippen molar-refractivity contribution in [1.29, 1.82) is 0 Å². The van der Waals surface area contributed by atoms with Crippen molar-refractivity contribution >= 4 is 23.3 Å². The van der Waals surface area contributed by atoms with E-state index in [1.165, 1.54) is 6.07 Å². The van der Waals surface area contributed by atoms with Crippen LogP contribution in [0.2, 0.25) is 0 Å². The third kappa shape index (κ3) is 6.30. The molecule has 2 rings (SSSR count). The van der Waals surface area contributed by atoms with Crippen LogP contribution in [-0.2, 0) is 17.1 Å². The number of carboxylic acids is 1. The molecule has 158 valence electrons. The maximum absolute atomic E-state index is 12.5. The Morgan fingerprint density at radius 1 is 0.828 bits per heavy atom. The largest absolute Gasteiger partial charge is 0.478 e. The molecule has 0 radical (unpaired) electrons. The molecule has 0 aliphatic carbocycles. The second kappa shape index (κ2) is 8.71. The van der Waals surface area contributed by atoms with Gasteiger partial charge in [-0.3, -0.25) is 0 Å². The summed E-state index contributed by atoms with van der Waals surface area (Å²) < 4.78 is 78.4. The first-order chi connectivity index (χ1) is 13.2. The molecule has 29 heavy (non-hydrogen) atoms. The molecule has 0 spiro atoms. The number of hydrogen-bond donors (Lipinski definition) is 3. The van der Waals surface area contributed by atoms with Gasteiger partial charge in [0.1, 0.15) is 0 Å². The molecule has 2 aromatic rings. The molecule has 6 nitrogen and oxygen atoms in total. The number of benzene rings is 2. The predicted molar refractivity (Wildman–Crippen MR) is 90.0 cm³/mol. The molecular formula is C17H14F6N2O4. The van der Waals surface area contributed by atoms with Crippen LogP contribution in [0.3, 0.4) is 0 Å². The van der Waals surface area contributed by atoms with Crippen LogP contribution in [0.4, 0.5) is 37.7 Å². The van der Waals surface area contributed by atoms with E-state index in [2.05, 4.69) is 4.74 Å². The summed E-state index contributed by atoms with van der Waals surface area (Å²) in [5.74, 6) is -2.67. The first kappa shape index (κ1) is 23.6. The Morgan fingerprint density at radius 3 is 1.55 bits per heavy atom. The van der Waals surface area contributed by atoms with Gasteiger partial charge in [0.15, 0.2) is 0 Å². The molecule has 0 unspecified atom stereocenters. The number of carbonyl (C=O) groups excluding carboxylic acids is 1. The number of nitrogen functional groups attached to an aromatic ring is 2. The van der Waals surface area contributed by atoms with Crippen LogP contribution >= 0.6 is 0 Å². The zero-order chi connectivity index (χ0) is 22.6. The third-order valence-electron chi connectivity index (χ3n) is 3.33. The van der Waals surface area contributed by atoms with Crippen LogP contribution in [0.15, 0.2) is 36.4 Å². The fourth-order valence-corrected chi connectivity index (χ4v) is 2.07. The van der Waals surface area contributed by atoms with Crippen molar-refractivity contribution in [3.63, 3.8) is 0 Å². The molecule has 0 heterocycles. The zero-order valence-electron chi connectivity index (χ0n) is 14.6. The van der Waals surface area contributed by atoms with E-state index in [9.17, 15) is 35.9 Å². The molecule has 5 N–H and O–H groups in total. The number of alkyl halides is 6. The van der Waals surface area contributed by atoms with Gasteiger partial charge in [0, 0.05) is 11.4 Å². The van der Waals surface area contributed by atoms with Crippen LogP contribution in [-0.4, -0.2) is 24.2 Å². The molecule has 0 bridgehead atoms. The zero-order valence-corrected chi connectivity index (χ0v) is 14.6. The Kier molecular flexibility index (Phi) is 7.09. The first-order valence-electron chi connectivity index (χ1n) is 7.43. The molecule has 2 aromatic carbocycles. The molecule has 0 aliphatic rings. The van der Waals surface area contributed by atoms with E-state index >= 15 is 0 Å². The Bertz CT molecular complexity index is 910. The van der Waals surface area contributed by atoms with Crippen molar-refractivity contribution in [2.24, 2.45) is 0 Å². The highest BCUT2D eigenvalue weighted by Crippen LogP contribution is 2.34. The Hall–Kier alpha value is -3.44. The number of nitrogens with two attached hydrogens (primary N) is 2. The Labute approximate surface area is 159 Å². The molecule has 0 amide bonds. The van der Waals surface area contributed by atoms with E-state index in [1.54, 1.807) is 0 Å². The molecule has 0 aliphatic heterocycles. The number of aromatic carboxylic acids is 1. The van der Waals surface area contributed by atoms with Gasteiger partial charge >= 0.3 is 24.3 Å². The maximum atomic E-state index is 12.5. The van der Waals surface area contributed by atoms with Crippen molar-refractivity contribution in [1.82, 2.24) is 0 Å². The summed E-state index contributed by atoms with van der Waals surface area (Å²) in [7, 11) is 1.01.